The lowest BCUT2D eigenvalue weighted by atomic mass is 9.60. The average molecular weight is 507 g/mol. The van der Waals surface area contributed by atoms with Crippen LogP contribution in [0.15, 0.2) is 0 Å². The molecule has 0 aromatic carbocycles. The molecule has 0 aliphatic heterocycles. The molecule has 5 aliphatic rings. The summed E-state index contributed by atoms with van der Waals surface area (Å²) >= 11 is 5.90. The van der Waals surface area contributed by atoms with Gasteiger partial charge in [0.05, 0.1) is 29.2 Å². The zero-order valence-electron chi connectivity index (χ0n) is 19.6. The van der Waals surface area contributed by atoms with Crippen molar-refractivity contribution in [2.45, 2.75) is 124 Å². The van der Waals surface area contributed by atoms with Crippen molar-refractivity contribution in [2.24, 2.45) is 0 Å². The van der Waals surface area contributed by atoms with Crippen LogP contribution in [0.1, 0.15) is 77.0 Å². The first-order chi connectivity index (χ1) is 16.2. The molecule has 10 heteroatoms. The minimum atomic E-state index is -1.12. The van der Waals surface area contributed by atoms with Gasteiger partial charge in [-0.15, -0.1) is 11.6 Å². The SMILES string of the molecule is O=C(COC1CCC(Cl)C(F)C1)NC12CCC(NC(=O)COC3CCC(F)CC3)(CC1)[C@H](O)C2. The molecule has 5 rings (SSSR count). The van der Waals surface area contributed by atoms with Gasteiger partial charge < -0.3 is 25.2 Å². The molecule has 0 saturated heterocycles. The smallest absolute Gasteiger partial charge is 0.246 e. The van der Waals surface area contributed by atoms with E-state index in [1.54, 1.807) is 0 Å². The Hall–Kier alpha value is -1.03. The molecule has 2 amide bonds. The first-order valence-electron chi connectivity index (χ1n) is 12.6. The molecular formula is C24H37ClF2N2O5. The fraction of sp³-hybridized carbons (Fsp3) is 0.917. The van der Waals surface area contributed by atoms with Gasteiger partial charge in [0.2, 0.25) is 11.8 Å². The molecule has 7 nitrogen and oxygen atoms in total. The third kappa shape index (κ3) is 6.20. The number of rotatable bonds is 8. The molecule has 5 fully saturated rings. The summed E-state index contributed by atoms with van der Waals surface area (Å²) in [5.74, 6) is -0.545. The van der Waals surface area contributed by atoms with E-state index in [0.717, 1.165) is 0 Å². The Labute approximate surface area is 204 Å². The zero-order valence-corrected chi connectivity index (χ0v) is 20.3. The van der Waals surface area contributed by atoms with Gasteiger partial charge in [-0.05, 0) is 70.6 Å². The predicted octanol–water partition coefficient (Wildman–Crippen LogP) is 2.85. The third-order valence-corrected chi connectivity index (χ3v) is 8.75. The number of hydrogen-bond acceptors (Lipinski definition) is 5. The van der Waals surface area contributed by atoms with Gasteiger partial charge in [-0.25, -0.2) is 8.78 Å². The maximum absolute atomic E-state index is 13.8. The Morgan fingerprint density at radius 2 is 1.47 bits per heavy atom. The molecule has 5 saturated carbocycles. The number of aliphatic hydroxyl groups is 1. The molecule has 194 valence electrons. The van der Waals surface area contributed by atoms with Crippen LogP contribution in [0.4, 0.5) is 8.78 Å². The molecular weight excluding hydrogens is 470 g/mol. The summed E-state index contributed by atoms with van der Waals surface area (Å²) in [4.78, 5) is 25.1. The lowest BCUT2D eigenvalue weighted by molar-refractivity contribution is -0.142. The summed E-state index contributed by atoms with van der Waals surface area (Å²) in [5.41, 5.74) is -1.24. The number of carbonyl (C=O) groups is 2. The largest absolute Gasteiger partial charge is 0.391 e. The minimum absolute atomic E-state index is 0.0938. The first kappa shape index (κ1) is 26.0. The van der Waals surface area contributed by atoms with Crippen LogP contribution in [0.3, 0.4) is 0 Å². The highest BCUT2D eigenvalue weighted by atomic mass is 35.5. The predicted molar refractivity (Wildman–Crippen MR) is 122 cm³/mol. The van der Waals surface area contributed by atoms with E-state index < -0.39 is 34.9 Å². The van der Waals surface area contributed by atoms with Crippen molar-refractivity contribution in [3.63, 3.8) is 0 Å². The second kappa shape index (κ2) is 10.9. The molecule has 3 unspecified atom stereocenters. The Bertz CT molecular complexity index is 728. The van der Waals surface area contributed by atoms with E-state index in [9.17, 15) is 23.5 Å². The quantitative estimate of drug-likeness (QED) is 0.440. The van der Waals surface area contributed by atoms with E-state index in [1.165, 1.54) is 0 Å². The summed E-state index contributed by atoms with van der Waals surface area (Å²) in [7, 11) is 0. The van der Waals surface area contributed by atoms with Gasteiger partial charge in [-0.2, -0.15) is 0 Å². The van der Waals surface area contributed by atoms with E-state index in [1.807, 2.05) is 0 Å². The first-order valence-corrected chi connectivity index (χ1v) is 13.1. The van der Waals surface area contributed by atoms with Crippen molar-refractivity contribution in [1.29, 1.82) is 0 Å². The van der Waals surface area contributed by atoms with Gasteiger partial charge in [-0.1, -0.05) is 0 Å². The molecule has 4 atom stereocenters. The monoisotopic (exact) mass is 506 g/mol. The molecule has 0 heterocycles. The Kier molecular flexibility index (Phi) is 8.37. The van der Waals surface area contributed by atoms with Crippen molar-refractivity contribution < 1.29 is 33.0 Å². The minimum Gasteiger partial charge on any atom is -0.391 e. The number of fused-ring (bicyclic) bond motifs is 3. The summed E-state index contributed by atoms with van der Waals surface area (Å²) in [6, 6.07) is 0. The molecule has 0 spiro atoms. The van der Waals surface area contributed by atoms with E-state index in [2.05, 4.69) is 10.6 Å². The maximum Gasteiger partial charge on any atom is 0.246 e. The average Bonchev–Trinajstić information content (AvgIpc) is 2.81. The normalized spacial score (nSPS) is 42.2. The standard InChI is InChI=1S/C24H37ClF2N2O5/c25-18-6-5-17(11-19(18)27)34-13-21(31)28-23-7-9-24(10-8-23,20(30)12-23)29-22(32)14-33-16-3-1-15(26)2-4-16/h15-20,30H,1-14H2,(H,28,31)(H,29,32)/t15?,16?,17?,18?,19?,20-,23?,24?/m1/s1. The lowest BCUT2D eigenvalue weighted by Crippen LogP contribution is -2.70. The van der Waals surface area contributed by atoms with E-state index in [-0.39, 0.29) is 43.7 Å². The van der Waals surface area contributed by atoms with Crippen LogP contribution < -0.4 is 10.6 Å². The van der Waals surface area contributed by atoms with Crippen LogP contribution in [-0.4, -0.2) is 77.2 Å². The molecule has 3 N–H and O–H groups in total. The highest BCUT2D eigenvalue weighted by molar-refractivity contribution is 6.21. The Morgan fingerprint density at radius 3 is 2.09 bits per heavy atom. The van der Waals surface area contributed by atoms with Crippen LogP contribution in [0, 0.1) is 0 Å². The van der Waals surface area contributed by atoms with Gasteiger partial charge in [-0.3, -0.25) is 9.59 Å². The number of amides is 2. The van der Waals surface area contributed by atoms with Crippen molar-refractivity contribution >= 4 is 23.4 Å². The highest BCUT2D eigenvalue weighted by Gasteiger charge is 2.55. The van der Waals surface area contributed by atoms with Gasteiger partial charge in [0, 0.05) is 12.0 Å². The zero-order chi connectivity index (χ0) is 24.3. The number of halogens is 3. The van der Waals surface area contributed by atoms with Crippen molar-refractivity contribution in [1.82, 2.24) is 10.6 Å². The van der Waals surface area contributed by atoms with Gasteiger partial charge in [0.1, 0.15) is 25.6 Å². The summed E-state index contributed by atoms with van der Waals surface area (Å²) < 4.78 is 38.3. The molecule has 34 heavy (non-hydrogen) atoms. The van der Waals surface area contributed by atoms with Gasteiger partial charge >= 0.3 is 0 Å². The molecule has 0 aromatic rings. The van der Waals surface area contributed by atoms with E-state index in [0.29, 0.717) is 70.6 Å². The van der Waals surface area contributed by atoms with Crippen molar-refractivity contribution in [2.75, 3.05) is 13.2 Å². The maximum atomic E-state index is 13.8. The van der Waals surface area contributed by atoms with Crippen LogP contribution >= 0.6 is 11.6 Å². The number of ether oxygens (including phenoxy) is 2. The summed E-state index contributed by atoms with van der Waals surface area (Å²) in [6.07, 6.45) is 3.21. The summed E-state index contributed by atoms with van der Waals surface area (Å²) in [5, 5.41) is 16.4. The molecule has 0 aromatic heterocycles. The second-order valence-electron chi connectivity index (χ2n) is 10.7. The fourth-order valence-corrected chi connectivity index (χ4v) is 6.31. The highest BCUT2D eigenvalue weighted by Crippen LogP contribution is 2.47. The number of nitrogens with one attached hydrogen (secondary N) is 2. The summed E-state index contributed by atoms with van der Waals surface area (Å²) in [6.45, 7) is -0.244. The second-order valence-corrected chi connectivity index (χ2v) is 11.3. The van der Waals surface area contributed by atoms with Gasteiger partial charge in [0.15, 0.2) is 0 Å². The van der Waals surface area contributed by atoms with E-state index >= 15 is 0 Å². The van der Waals surface area contributed by atoms with E-state index in [4.69, 9.17) is 21.1 Å². The molecule has 0 radical (unpaired) electrons. The van der Waals surface area contributed by atoms with Crippen LogP contribution in [-0.2, 0) is 19.1 Å². The van der Waals surface area contributed by atoms with Gasteiger partial charge in [0.25, 0.3) is 0 Å². The molecule has 2 bridgehead atoms. The van der Waals surface area contributed by atoms with Crippen LogP contribution in [0.25, 0.3) is 0 Å². The van der Waals surface area contributed by atoms with Crippen molar-refractivity contribution in [3.8, 4) is 0 Å². The van der Waals surface area contributed by atoms with Crippen LogP contribution in [0.2, 0.25) is 0 Å². The third-order valence-electron chi connectivity index (χ3n) is 8.26. The molecule has 5 aliphatic carbocycles. The Balaban J connectivity index is 1.20. The lowest BCUT2D eigenvalue weighted by Gasteiger charge is -2.56. The number of aliphatic hydroxyl groups excluding tert-OH is 1. The number of carbonyl (C=O) groups excluding carboxylic acids is 2. The van der Waals surface area contributed by atoms with Crippen molar-refractivity contribution in [3.05, 3.63) is 0 Å². The number of alkyl halides is 3. The Morgan fingerprint density at radius 1 is 0.882 bits per heavy atom. The topological polar surface area (TPSA) is 96.9 Å². The fourth-order valence-electron chi connectivity index (χ4n) is 6.08. The van der Waals surface area contributed by atoms with Crippen LogP contribution in [0.5, 0.6) is 0 Å². The number of hydrogen-bond donors (Lipinski definition) is 3.